The van der Waals surface area contributed by atoms with Gasteiger partial charge in [-0.3, -0.25) is 4.90 Å². The van der Waals surface area contributed by atoms with Crippen LogP contribution in [0.5, 0.6) is 0 Å². The van der Waals surface area contributed by atoms with Crippen molar-refractivity contribution in [1.29, 1.82) is 0 Å². The molecule has 23 heavy (non-hydrogen) atoms. The molecule has 1 aromatic rings. The number of hydrogen-bond donors (Lipinski definition) is 0. The van der Waals surface area contributed by atoms with E-state index in [0.717, 1.165) is 18.4 Å². The number of rotatable bonds is 5. The summed E-state index contributed by atoms with van der Waals surface area (Å²) in [5.74, 6) is -0.0453. The summed E-state index contributed by atoms with van der Waals surface area (Å²) >= 11 is 0. The number of likely N-dealkylation sites (tertiary alicyclic amines) is 1. The number of carbonyl (C=O) groups excluding carboxylic acids is 2. The third-order valence-corrected chi connectivity index (χ3v) is 3.77. The van der Waals surface area contributed by atoms with Gasteiger partial charge in [0.25, 0.3) is 0 Å². The number of benzene rings is 1. The largest absolute Gasteiger partial charge is 0.464 e. The van der Waals surface area contributed by atoms with Crippen LogP contribution in [-0.2, 0) is 20.9 Å². The molecule has 0 aromatic heterocycles. The minimum Gasteiger partial charge on any atom is -0.464 e. The maximum atomic E-state index is 12.3. The van der Waals surface area contributed by atoms with Crippen LogP contribution in [0, 0.1) is 5.92 Å². The van der Waals surface area contributed by atoms with Gasteiger partial charge in [0.15, 0.2) is 0 Å². The van der Waals surface area contributed by atoms with E-state index in [-0.39, 0.29) is 18.5 Å². The van der Waals surface area contributed by atoms with Gasteiger partial charge in [-0.1, -0.05) is 44.2 Å². The summed E-state index contributed by atoms with van der Waals surface area (Å²) in [4.78, 5) is 26.0. The molecule has 5 heteroatoms. The number of piperidine rings is 1. The van der Waals surface area contributed by atoms with Gasteiger partial charge in [-0.2, -0.15) is 0 Å². The van der Waals surface area contributed by atoms with E-state index in [2.05, 4.69) is 0 Å². The predicted molar refractivity (Wildman–Crippen MR) is 86.8 cm³/mol. The summed E-state index contributed by atoms with van der Waals surface area (Å²) in [6, 6.07) is 8.99. The summed E-state index contributed by atoms with van der Waals surface area (Å²) in [5, 5.41) is 0. The van der Waals surface area contributed by atoms with E-state index < -0.39 is 12.1 Å². The molecular formula is C18H25NO4. The van der Waals surface area contributed by atoms with Crippen molar-refractivity contribution in [3.8, 4) is 0 Å². The van der Waals surface area contributed by atoms with Crippen molar-refractivity contribution in [3.63, 3.8) is 0 Å². The molecule has 1 atom stereocenters. The number of hydrogen-bond acceptors (Lipinski definition) is 4. The van der Waals surface area contributed by atoms with Crippen LogP contribution in [-0.4, -0.2) is 36.2 Å². The predicted octanol–water partition coefficient (Wildman–Crippen LogP) is 3.38. The van der Waals surface area contributed by atoms with Crippen LogP contribution in [0.4, 0.5) is 4.79 Å². The average molecular weight is 319 g/mol. The van der Waals surface area contributed by atoms with Gasteiger partial charge in [-0.05, 0) is 30.7 Å². The minimum atomic E-state index is -0.522. The molecule has 1 amide bonds. The lowest BCUT2D eigenvalue weighted by Gasteiger charge is -2.33. The summed E-state index contributed by atoms with van der Waals surface area (Å²) in [6.07, 6.45) is 2.00. The van der Waals surface area contributed by atoms with Crippen molar-refractivity contribution in [2.45, 2.75) is 45.8 Å². The summed E-state index contributed by atoms with van der Waals surface area (Å²) in [5.41, 5.74) is 0.928. The Balaban J connectivity index is 1.91. The van der Waals surface area contributed by atoms with Crippen molar-refractivity contribution in [2.24, 2.45) is 5.92 Å². The molecule has 0 spiro atoms. The number of esters is 1. The molecule has 0 saturated carbocycles. The minimum absolute atomic E-state index is 0.212. The molecule has 0 bridgehead atoms. The van der Waals surface area contributed by atoms with Crippen molar-refractivity contribution in [1.82, 2.24) is 4.90 Å². The molecule has 1 unspecified atom stereocenters. The maximum Gasteiger partial charge on any atom is 0.410 e. The zero-order chi connectivity index (χ0) is 16.7. The van der Waals surface area contributed by atoms with Crippen LogP contribution in [0.3, 0.4) is 0 Å². The Kier molecular flexibility index (Phi) is 6.44. The van der Waals surface area contributed by atoms with Crippen LogP contribution < -0.4 is 0 Å². The molecule has 1 heterocycles. The smallest absolute Gasteiger partial charge is 0.410 e. The summed E-state index contributed by atoms with van der Waals surface area (Å²) in [6.45, 7) is 5.10. The third-order valence-electron chi connectivity index (χ3n) is 3.77. The summed E-state index contributed by atoms with van der Waals surface area (Å²) in [7, 11) is 0. The Morgan fingerprint density at radius 3 is 2.61 bits per heavy atom. The fourth-order valence-corrected chi connectivity index (χ4v) is 2.54. The fraction of sp³-hybridized carbons (Fsp3) is 0.556. The van der Waals surface area contributed by atoms with Crippen LogP contribution in [0.25, 0.3) is 0 Å². The molecule has 1 saturated heterocycles. The highest BCUT2D eigenvalue weighted by atomic mass is 16.6. The monoisotopic (exact) mass is 319 g/mol. The first-order chi connectivity index (χ1) is 11.1. The van der Waals surface area contributed by atoms with Crippen LogP contribution in [0.1, 0.15) is 38.7 Å². The van der Waals surface area contributed by atoms with Crippen molar-refractivity contribution in [3.05, 3.63) is 35.9 Å². The first kappa shape index (κ1) is 17.3. The Hall–Kier alpha value is -2.04. The molecule has 126 valence electrons. The zero-order valence-electron chi connectivity index (χ0n) is 13.9. The van der Waals surface area contributed by atoms with E-state index in [1.165, 1.54) is 4.90 Å². The molecule has 1 aliphatic rings. The molecule has 5 nitrogen and oxygen atoms in total. The van der Waals surface area contributed by atoms with Gasteiger partial charge in [-0.25, -0.2) is 9.59 Å². The second-order valence-corrected chi connectivity index (χ2v) is 6.27. The second-order valence-electron chi connectivity index (χ2n) is 6.27. The van der Waals surface area contributed by atoms with Crippen molar-refractivity contribution in [2.75, 3.05) is 13.2 Å². The van der Waals surface area contributed by atoms with Crippen molar-refractivity contribution >= 4 is 12.1 Å². The first-order valence-corrected chi connectivity index (χ1v) is 8.22. The lowest BCUT2D eigenvalue weighted by molar-refractivity contribution is -0.151. The number of nitrogens with zero attached hydrogens (tertiary/aromatic N) is 1. The van der Waals surface area contributed by atoms with Gasteiger partial charge < -0.3 is 9.47 Å². The number of ether oxygens (including phenoxy) is 2. The molecular weight excluding hydrogens is 294 g/mol. The van der Waals surface area contributed by atoms with E-state index in [4.69, 9.17) is 9.47 Å². The van der Waals surface area contributed by atoms with Gasteiger partial charge in [0.1, 0.15) is 12.6 Å². The lowest BCUT2D eigenvalue weighted by Crippen LogP contribution is -2.49. The quantitative estimate of drug-likeness (QED) is 0.781. The Labute approximate surface area is 137 Å². The molecule has 1 aromatic carbocycles. The molecule has 0 N–H and O–H groups in total. The normalized spacial score (nSPS) is 17.9. The van der Waals surface area contributed by atoms with Crippen LogP contribution >= 0.6 is 0 Å². The Bertz CT molecular complexity index is 515. The third kappa shape index (κ3) is 5.27. The molecule has 1 fully saturated rings. The van der Waals surface area contributed by atoms with Gasteiger partial charge in [0.05, 0.1) is 6.61 Å². The number of carbonyl (C=O) groups is 2. The first-order valence-electron chi connectivity index (χ1n) is 8.22. The van der Waals surface area contributed by atoms with E-state index in [9.17, 15) is 9.59 Å². The average Bonchev–Trinajstić information content (AvgIpc) is 2.58. The highest BCUT2D eigenvalue weighted by Gasteiger charge is 2.34. The van der Waals surface area contributed by atoms with Gasteiger partial charge >= 0.3 is 12.1 Å². The molecule has 0 aliphatic carbocycles. The van der Waals surface area contributed by atoms with E-state index in [1.54, 1.807) is 0 Å². The SMILES string of the molecule is CC(C)COC(=O)C1CCCCN1C(=O)OCc1ccccc1. The van der Waals surface area contributed by atoms with E-state index in [1.807, 2.05) is 44.2 Å². The molecule has 1 aliphatic heterocycles. The highest BCUT2D eigenvalue weighted by Crippen LogP contribution is 2.20. The fourth-order valence-electron chi connectivity index (χ4n) is 2.54. The van der Waals surface area contributed by atoms with Gasteiger partial charge in [0, 0.05) is 6.54 Å². The number of amides is 1. The summed E-state index contributed by atoms with van der Waals surface area (Å²) < 4.78 is 10.7. The zero-order valence-corrected chi connectivity index (χ0v) is 13.9. The van der Waals surface area contributed by atoms with Gasteiger partial charge in [0.2, 0.25) is 0 Å². The van der Waals surface area contributed by atoms with Gasteiger partial charge in [-0.15, -0.1) is 0 Å². The maximum absolute atomic E-state index is 12.3. The standard InChI is InChI=1S/C18H25NO4/c1-14(2)12-22-17(20)16-10-6-7-11-19(16)18(21)23-13-15-8-4-3-5-9-15/h3-5,8-9,14,16H,6-7,10-13H2,1-2H3. The van der Waals surface area contributed by atoms with Crippen LogP contribution in [0.2, 0.25) is 0 Å². The highest BCUT2D eigenvalue weighted by molar-refractivity contribution is 5.81. The topological polar surface area (TPSA) is 55.8 Å². The van der Waals surface area contributed by atoms with E-state index >= 15 is 0 Å². The Morgan fingerprint density at radius 2 is 1.91 bits per heavy atom. The second kappa shape index (κ2) is 8.56. The van der Waals surface area contributed by atoms with E-state index in [0.29, 0.717) is 19.6 Å². The molecule has 0 radical (unpaired) electrons. The molecule has 2 rings (SSSR count). The van der Waals surface area contributed by atoms with Crippen LogP contribution in [0.15, 0.2) is 30.3 Å². The Morgan fingerprint density at radius 1 is 1.17 bits per heavy atom. The van der Waals surface area contributed by atoms with Crippen molar-refractivity contribution < 1.29 is 19.1 Å². The lowest BCUT2D eigenvalue weighted by atomic mass is 10.0.